The highest BCUT2D eigenvalue weighted by Crippen LogP contribution is 2.26. The molecule has 1 aliphatic rings. The van der Waals surface area contributed by atoms with Crippen LogP contribution in [0.15, 0.2) is 9.98 Å². The van der Waals surface area contributed by atoms with Gasteiger partial charge in [0.15, 0.2) is 0 Å². The minimum atomic E-state index is 0.131. The lowest BCUT2D eigenvalue weighted by Gasteiger charge is -2.30. The summed E-state index contributed by atoms with van der Waals surface area (Å²) in [7, 11) is 0. The lowest BCUT2D eigenvalue weighted by atomic mass is 9.85. The summed E-state index contributed by atoms with van der Waals surface area (Å²) in [6.07, 6.45) is 1.96. The maximum atomic E-state index is 4.62. The smallest absolute Gasteiger partial charge is 0.0743 e. The Morgan fingerprint density at radius 1 is 1.14 bits per heavy atom. The van der Waals surface area contributed by atoms with E-state index in [1.807, 2.05) is 6.21 Å². The molecule has 1 aliphatic heterocycles. The zero-order valence-corrected chi connectivity index (χ0v) is 10.3. The van der Waals surface area contributed by atoms with Crippen LogP contribution in [-0.4, -0.2) is 24.5 Å². The number of hydrogen-bond donors (Lipinski definition) is 0. The summed E-state index contributed by atoms with van der Waals surface area (Å²) in [4.78, 5) is 9.21. The Morgan fingerprint density at radius 3 is 2.00 bits per heavy atom. The molecule has 0 aliphatic carbocycles. The Bertz CT molecular complexity index is 261. The summed E-state index contributed by atoms with van der Waals surface area (Å²) in [6.45, 7) is 14.0. The van der Waals surface area contributed by atoms with Gasteiger partial charge in [-0.15, -0.1) is 0 Å². The molecule has 0 fully saturated rings. The SMILES string of the molecule is CC(C)(C)C1=NCC(C(C)(C)C)N=C1. The molecule has 80 valence electrons. The predicted molar refractivity (Wildman–Crippen MR) is 63.5 cm³/mol. The van der Waals surface area contributed by atoms with Crippen LogP contribution in [0.4, 0.5) is 0 Å². The summed E-state index contributed by atoms with van der Waals surface area (Å²) < 4.78 is 0. The van der Waals surface area contributed by atoms with E-state index in [0.29, 0.717) is 6.04 Å². The van der Waals surface area contributed by atoms with Crippen LogP contribution in [-0.2, 0) is 0 Å². The Labute approximate surface area is 87.5 Å². The Morgan fingerprint density at radius 2 is 1.71 bits per heavy atom. The number of nitrogens with zero attached hydrogens (tertiary/aromatic N) is 2. The minimum absolute atomic E-state index is 0.131. The van der Waals surface area contributed by atoms with Crippen molar-refractivity contribution in [2.45, 2.75) is 47.6 Å². The summed E-state index contributed by atoms with van der Waals surface area (Å²) in [5.41, 5.74) is 1.48. The first kappa shape index (κ1) is 11.4. The Hall–Kier alpha value is -0.660. The largest absolute Gasteiger partial charge is 0.285 e. The van der Waals surface area contributed by atoms with Gasteiger partial charge in [0.1, 0.15) is 0 Å². The van der Waals surface area contributed by atoms with Crippen LogP contribution in [0.1, 0.15) is 41.5 Å². The van der Waals surface area contributed by atoms with Crippen LogP contribution >= 0.6 is 0 Å². The summed E-state index contributed by atoms with van der Waals surface area (Å²) in [5, 5.41) is 0. The number of rotatable bonds is 0. The minimum Gasteiger partial charge on any atom is -0.285 e. The summed E-state index contributed by atoms with van der Waals surface area (Å²) >= 11 is 0. The summed E-state index contributed by atoms with van der Waals surface area (Å²) in [6, 6.07) is 0.341. The van der Waals surface area contributed by atoms with Gasteiger partial charge in [0.2, 0.25) is 0 Å². The second-order valence-electron chi connectivity index (χ2n) is 6.14. The molecular weight excluding hydrogens is 172 g/mol. The van der Waals surface area contributed by atoms with E-state index in [2.05, 4.69) is 51.5 Å². The van der Waals surface area contributed by atoms with E-state index in [1.165, 1.54) is 0 Å². The molecule has 0 saturated carbocycles. The zero-order chi connectivity index (χ0) is 11.0. The second-order valence-corrected chi connectivity index (χ2v) is 6.14. The van der Waals surface area contributed by atoms with E-state index < -0.39 is 0 Å². The van der Waals surface area contributed by atoms with Crippen molar-refractivity contribution in [2.24, 2.45) is 20.8 Å². The average Bonchev–Trinajstić information content (AvgIpc) is 2.01. The molecule has 1 rings (SSSR count). The maximum Gasteiger partial charge on any atom is 0.0743 e. The fourth-order valence-electron chi connectivity index (χ4n) is 1.36. The van der Waals surface area contributed by atoms with Crippen molar-refractivity contribution in [2.75, 3.05) is 6.54 Å². The highest BCUT2D eigenvalue weighted by Gasteiger charge is 2.27. The first-order valence-electron chi connectivity index (χ1n) is 5.29. The van der Waals surface area contributed by atoms with E-state index >= 15 is 0 Å². The Balaban J connectivity index is 2.72. The topological polar surface area (TPSA) is 24.7 Å². The molecule has 0 aromatic heterocycles. The van der Waals surface area contributed by atoms with Gasteiger partial charge in [0, 0.05) is 11.6 Å². The van der Waals surface area contributed by atoms with Crippen LogP contribution in [0.25, 0.3) is 0 Å². The van der Waals surface area contributed by atoms with Crippen LogP contribution in [0, 0.1) is 10.8 Å². The van der Waals surface area contributed by atoms with E-state index in [1.54, 1.807) is 0 Å². The molecule has 0 aromatic carbocycles. The Kier molecular flexibility index (Phi) is 2.84. The number of hydrogen-bond acceptors (Lipinski definition) is 2. The fourth-order valence-corrected chi connectivity index (χ4v) is 1.36. The van der Waals surface area contributed by atoms with E-state index in [9.17, 15) is 0 Å². The predicted octanol–water partition coefficient (Wildman–Crippen LogP) is 2.97. The van der Waals surface area contributed by atoms with Gasteiger partial charge >= 0.3 is 0 Å². The molecule has 1 heterocycles. The molecule has 0 saturated heterocycles. The first-order chi connectivity index (χ1) is 6.21. The average molecular weight is 194 g/mol. The lowest BCUT2D eigenvalue weighted by Crippen LogP contribution is -2.34. The van der Waals surface area contributed by atoms with Crippen LogP contribution < -0.4 is 0 Å². The van der Waals surface area contributed by atoms with Gasteiger partial charge in [-0.05, 0) is 5.41 Å². The second kappa shape index (κ2) is 3.48. The van der Waals surface area contributed by atoms with Gasteiger partial charge in [-0.3, -0.25) is 9.98 Å². The third-order valence-electron chi connectivity index (χ3n) is 2.58. The quantitative estimate of drug-likeness (QED) is 0.566. The number of aliphatic imine (C=N–C) groups is 2. The van der Waals surface area contributed by atoms with Crippen molar-refractivity contribution >= 4 is 11.9 Å². The fraction of sp³-hybridized carbons (Fsp3) is 0.833. The molecule has 0 N–H and O–H groups in total. The third-order valence-corrected chi connectivity index (χ3v) is 2.58. The van der Waals surface area contributed by atoms with Gasteiger partial charge < -0.3 is 0 Å². The molecule has 1 unspecified atom stereocenters. The van der Waals surface area contributed by atoms with E-state index in [0.717, 1.165) is 12.3 Å². The molecule has 14 heavy (non-hydrogen) atoms. The van der Waals surface area contributed by atoms with Crippen molar-refractivity contribution in [3.05, 3.63) is 0 Å². The molecular formula is C12H22N2. The van der Waals surface area contributed by atoms with Gasteiger partial charge in [-0.2, -0.15) is 0 Å². The lowest BCUT2D eigenvalue weighted by molar-refractivity contribution is 0.327. The van der Waals surface area contributed by atoms with Crippen LogP contribution in [0.3, 0.4) is 0 Å². The molecule has 0 amide bonds. The van der Waals surface area contributed by atoms with Crippen molar-refractivity contribution in [1.82, 2.24) is 0 Å². The summed E-state index contributed by atoms with van der Waals surface area (Å²) in [5.74, 6) is 0. The van der Waals surface area contributed by atoms with Gasteiger partial charge in [0.05, 0.1) is 18.3 Å². The van der Waals surface area contributed by atoms with Crippen molar-refractivity contribution in [3.63, 3.8) is 0 Å². The first-order valence-corrected chi connectivity index (χ1v) is 5.29. The highest BCUT2D eigenvalue weighted by atomic mass is 14.9. The maximum absolute atomic E-state index is 4.62. The zero-order valence-electron chi connectivity index (χ0n) is 10.3. The van der Waals surface area contributed by atoms with Crippen LogP contribution in [0.2, 0.25) is 0 Å². The molecule has 0 bridgehead atoms. The van der Waals surface area contributed by atoms with E-state index in [-0.39, 0.29) is 10.8 Å². The van der Waals surface area contributed by atoms with Gasteiger partial charge in [-0.25, -0.2) is 0 Å². The molecule has 1 atom stereocenters. The molecule has 2 nitrogen and oxygen atoms in total. The van der Waals surface area contributed by atoms with E-state index in [4.69, 9.17) is 0 Å². The normalized spacial score (nSPS) is 23.6. The molecule has 0 aromatic rings. The highest BCUT2D eigenvalue weighted by molar-refractivity contribution is 6.33. The van der Waals surface area contributed by atoms with Crippen molar-refractivity contribution < 1.29 is 0 Å². The van der Waals surface area contributed by atoms with Gasteiger partial charge in [0.25, 0.3) is 0 Å². The van der Waals surface area contributed by atoms with Gasteiger partial charge in [-0.1, -0.05) is 41.5 Å². The standard InChI is InChI=1S/C12H22N2/c1-11(2,3)9-7-14-10(8-13-9)12(4,5)6/h7,10H,8H2,1-6H3. The molecule has 0 radical (unpaired) electrons. The van der Waals surface area contributed by atoms with Crippen LogP contribution in [0.5, 0.6) is 0 Å². The molecule has 2 heteroatoms. The molecule has 0 spiro atoms. The monoisotopic (exact) mass is 194 g/mol. The van der Waals surface area contributed by atoms with Crippen molar-refractivity contribution in [3.8, 4) is 0 Å². The third kappa shape index (κ3) is 2.66. The van der Waals surface area contributed by atoms with Crippen molar-refractivity contribution in [1.29, 1.82) is 0 Å².